The molecule has 1 saturated carbocycles. The molecule has 1 aromatic rings. The lowest BCUT2D eigenvalue weighted by Crippen LogP contribution is -2.48. The zero-order chi connectivity index (χ0) is 18.4. The summed E-state index contributed by atoms with van der Waals surface area (Å²) < 4.78 is 27.3. The normalized spacial score (nSPS) is 18.2. The first-order valence-corrected chi connectivity index (χ1v) is 10.8. The number of nitrogens with one attached hydrogen (secondary N) is 2. The predicted molar refractivity (Wildman–Crippen MR) is 100 cm³/mol. The van der Waals surface area contributed by atoms with Gasteiger partial charge >= 0.3 is 0 Å². The molecule has 0 heterocycles. The van der Waals surface area contributed by atoms with Crippen LogP contribution in [0.3, 0.4) is 0 Å². The Labute approximate surface area is 159 Å². The van der Waals surface area contributed by atoms with Gasteiger partial charge in [-0.25, -0.2) is 8.42 Å². The summed E-state index contributed by atoms with van der Waals surface area (Å²) in [5.74, 6) is -0.327. The highest BCUT2D eigenvalue weighted by atomic mass is 35.5. The van der Waals surface area contributed by atoms with Gasteiger partial charge in [0.2, 0.25) is 15.9 Å². The average molecular weight is 407 g/mol. The molecule has 2 N–H and O–H groups in total. The topological polar surface area (TPSA) is 75.3 Å². The van der Waals surface area contributed by atoms with Crippen LogP contribution in [0.15, 0.2) is 23.1 Å². The van der Waals surface area contributed by atoms with Gasteiger partial charge in [-0.1, -0.05) is 55.3 Å². The first-order chi connectivity index (χ1) is 11.8. The minimum Gasteiger partial charge on any atom is -0.352 e. The van der Waals surface area contributed by atoms with Crippen LogP contribution < -0.4 is 10.0 Å². The number of halogens is 2. The second-order valence-electron chi connectivity index (χ2n) is 6.47. The van der Waals surface area contributed by atoms with Crippen LogP contribution in [-0.2, 0) is 14.8 Å². The molecule has 0 aromatic heterocycles. The number of sulfonamides is 1. The Morgan fingerprint density at radius 3 is 2.36 bits per heavy atom. The van der Waals surface area contributed by atoms with Gasteiger partial charge in [-0.05, 0) is 38.0 Å². The molecule has 1 atom stereocenters. The number of carbonyl (C=O) groups excluding carboxylic acids is 1. The number of benzene rings is 1. The lowest BCUT2D eigenvalue weighted by Gasteiger charge is -2.23. The van der Waals surface area contributed by atoms with Crippen molar-refractivity contribution in [2.24, 2.45) is 0 Å². The number of hydrogen-bond acceptors (Lipinski definition) is 3. The van der Waals surface area contributed by atoms with E-state index in [9.17, 15) is 13.2 Å². The van der Waals surface area contributed by atoms with Gasteiger partial charge in [0.1, 0.15) is 4.90 Å². The van der Waals surface area contributed by atoms with E-state index in [1.165, 1.54) is 44.4 Å². The van der Waals surface area contributed by atoms with Crippen molar-refractivity contribution in [1.29, 1.82) is 0 Å². The van der Waals surface area contributed by atoms with Crippen molar-refractivity contribution in [2.75, 3.05) is 0 Å². The fourth-order valence-corrected chi connectivity index (χ4v) is 4.92. The van der Waals surface area contributed by atoms with Crippen molar-refractivity contribution in [2.45, 2.75) is 68.8 Å². The standard InChI is InChI=1S/C17H24Cl2N2O3S/c1-12(17(22)20-14-7-5-3-2-4-6-8-14)21-25(23,24)16-11-13(18)9-10-15(16)19/h9-12,14,21H,2-8H2,1H3,(H,20,22)/t12-/m1/s1. The van der Waals surface area contributed by atoms with Gasteiger partial charge in [0, 0.05) is 11.1 Å². The molecule has 0 spiro atoms. The van der Waals surface area contributed by atoms with Crippen molar-refractivity contribution in [3.05, 3.63) is 28.2 Å². The molecule has 0 radical (unpaired) electrons. The van der Waals surface area contributed by atoms with Crippen molar-refractivity contribution < 1.29 is 13.2 Å². The van der Waals surface area contributed by atoms with Crippen LogP contribution in [0.4, 0.5) is 0 Å². The summed E-state index contributed by atoms with van der Waals surface area (Å²) in [6, 6.07) is 3.40. The van der Waals surface area contributed by atoms with Gasteiger partial charge in [-0.2, -0.15) is 4.72 Å². The largest absolute Gasteiger partial charge is 0.352 e. The molecule has 0 aliphatic heterocycles. The predicted octanol–water partition coefficient (Wildman–Crippen LogP) is 3.89. The SMILES string of the molecule is C[C@@H](NS(=O)(=O)c1cc(Cl)ccc1Cl)C(=O)NC1CCCCCCC1. The number of amides is 1. The maximum absolute atomic E-state index is 12.5. The molecule has 1 fully saturated rings. The third-order valence-electron chi connectivity index (χ3n) is 4.36. The lowest BCUT2D eigenvalue weighted by molar-refractivity contribution is -0.123. The zero-order valence-electron chi connectivity index (χ0n) is 14.2. The van der Waals surface area contributed by atoms with Gasteiger partial charge in [0.05, 0.1) is 11.1 Å². The van der Waals surface area contributed by atoms with Crippen LogP contribution in [0.1, 0.15) is 51.9 Å². The third kappa shape index (κ3) is 6.13. The molecule has 1 aliphatic rings. The molecule has 1 aromatic carbocycles. The van der Waals surface area contributed by atoms with Crippen LogP contribution in [0.25, 0.3) is 0 Å². The Hall–Kier alpha value is -0.820. The minimum absolute atomic E-state index is 0.0597. The molecular weight excluding hydrogens is 383 g/mol. The van der Waals surface area contributed by atoms with E-state index >= 15 is 0 Å². The Morgan fingerprint density at radius 2 is 1.72 bits per heavy atom. The molecule has 5 nitrogen and oxygen atoms in total. The summed E-state index contributed by atoms with van der Waals surface area (Å²) in [7, 11) is -3.94. The van der Waals surface area contributed by atoms with Gasteiger partial charge in [0.15, 0.2) is 0 Å². The first kappa shape index (κ1) is 20.5. The molecule has 140 valence electrons. The average Bonchev–Trinajstić information content (AvgIpc) is 2.51. The second kappa shape index (κ2) is 9.21. The first-order valence-electron chi connectivity index (χ1n) is 8.57. The molecule has 25 heavy (non-hydrogen) atoms. The maximum Gasteiger partial charge on any atom is 0.242 e. The smallest absolute Gasteiger partial charge is 0.242 e. The summed E-state index contributed by atoms with van der Waals surface area (Å²) in [5.41, 5.74) is 0. The molecule has 2 rings (SSSR count). The highest BCUT2D eigenvalue weighted by Crippen LogP contribution is 2.25. The highest BCUT2D eigenvalue weighted by molar-refractivity contribution is 7.89. The molecular formula is C17H24Cl2N2O3S. The van der Waals surface area contributed by atoms with Gasteiger partial charge in [-0.3, -0.25) is 4.79 Å². The lowest BCUT2D eigenvalue weighted by atomic mass is 9.96. The fraction of sp³-hybridized carbons (Fsp3) is 0.588. The fourth-order valence-electron chi connectivity index (χ4n) is 2.96. The number of rotatable bonds is 5. The van der Waals surface area contributed by atoms with Crippen LogP contribution in [0.5, 0.6) is 0 Å². The van der Waals surface area contributed by atoms with E-state index in [1.807, 2.05) is 0 Å². The van der Waals surface area contributed by atoms with Crippen LogP contribution in [-0.4, -0.2) is 26.4 Å². The van der Waals surface area contributed by atoms with Gasteiger partial charge in [0.25, 0.3) is 0 Å². The van der Waals surface area contributed by atoms with E-state index in [1.54, 1.807) is 0 Å². The maximum atomic E-state index is 12.5. The molecule has 1 aliphatic carbocycles. The highest BCUT2D eigenvalue weighted by Gasteiger charge is 2.25. The van der Waals surface area contributed by atoms with Crippen LogP contribution in [0.2, 0.25) is 10.0 Å². The van der Waals surface area contributed by atoms with Crippen molar-refractivity contribution in [3.63, 3.8) is 0 Å². The molecule has 0 saturated heterocycles. The summed E-state index contributed by atoms with van der Waals surface area (Å²) in [6.45, 7) is 1.52. The van der Waals surface area contributed by atoms with E-state index in [0.29, 0.717) is 0 Å². The molecule has 1 amide bonds. The van der Waals surface area contributed by atoms with Crippen LogP contribution >= 0.6 is 23.2 Å². The van der Waals surface area contributed by atoms with Crippen molar-refractivity contribution >= 4 is 39.1 Å². The Kier molecular flexibility index (Phi) is 7.55. The number of hydrogen-bond donors (Lipinski definition) is 2. The van der Waals surface area contributed by atoms with Crippen molar-refractivity contribution in [1.82, 2.24) is 10.0 Å². The third-order valence-corrected chi connectivity index (χ3v) is 6.62. The van der Waals surface area contributed by atoms with E-state index in [-0.39, 0.29) is 26.9 Å². The Balaban J connectivity index is 2.00. The van der Waals surface area contributed by atoms with Gasteiger partial charge < -0.3 is 5.32 Å². The van der Waals surface area contributed by atoms with Crippen LogP contribution in [0, 0.1) is 0 Å². The minimum atomic E-state index is -3.94. The summed E-state index contributed by atoms with van der Waals surface area (Å²) in [6.07, 6.45) is 7.66. The van der Waals surface area contributed by atoms with E-state index < -0.39 is 16.1 Å². The molecule has 0 bridgehead atoms. The summed E-state index contributed by atoms with van der Waals surface area (Å²) in [5, 5.41) is 3.28. The zero-order valence-corrected chi connectivity index (χ0v) is 16.6. The van der Waals surface area contributed by atoms with Gasteiger partial charge in [-0.15, -0.1) is 0 Å². The number of carbonyl (C=O) groups is 1. The van der Waals surface area contributed by atoms with E-state index in [2.05, 4.69) is 10.0 Å². The van der Waals surface area contributed by atoms with E-state index in [4.69, 9.17) is 23.2 Å². The van der Waals surface area contributed by atoms with Crippen molar-refractivity contribution in [3.8, 4) is 0 Å². The summed E-state index contributed by atoms with van der Waals surface area (Å²) in [4.78, 5) is 12.2. The second-order valence-corrected chi connectivity index (χ2v) is 8.99. The quantitative estimate of drug-likeness (QED) is 0.778. The monoisotopic (exact) mass is 406 g/mol. The molecule has 0 unspecified atom stereocenters. The summed E-state index contributed by atoms with van der Waals surface area (Å²) >= 11 is 11.8. The van der Waals surface area contributed by atoms with E-state index in [0.717, 1.165) is 25.7 Å². The Morgan fingerprint density at radius 1 is 1.12 bits per heavy atom. The Bertz CT molecular complexity index is 702. The molecule has 8 heteroatoms.